The maximum Gasteiger partial charge on any atom is 0.238 e. The van der Waals surface area contributed by atoms with Crippen molar-refractivity contribution in [1.82, 2.24) is 19.4 Å². The average molecular weight is 668 g/mol. The molecule has 4 aromatic rings. The second-order valence-corrected chi connectivity index (χ2v) is 15.6. The summed E-state index contributed by atoms with van der Waals surface area (Å²) in [5.74, 6) is 0.921. The number of Topliss-reactive ketones (excluding diaryl/α,β-unsaturated/α-hetero) is 1. The molecule has 2 N–H and O–H groups in total. The number of imidazole rings is 1. The number of hydrogen-bond donors (Lipinski definition) is 1. The zero-order valence-corrected chi connectivity index (χ0v) is 28.4. The molecule has 0 spiro atoms. The topological polar surface area (TPSA) is 119 Å². The van der Waals surface area contributed by atoms with Crippen LogP contribution in [-0.4, -0.2) is 71.2 Å². The normalized spacial score (nSPS) is 22.6. The van der Waals surface area contributed by atoms with Crippen LogP contribution in [-0.2, 0) is 20.2 Å². The van der Waals surface area contributed by atoms with Crippen molar-refractivity contribution in [3.8, 4) is 0 Å². The van der Waals surface area contributed by atoms with Crippen molar-refractivity contribution in [2.75, 3.05) is 19.6 Å². The highest BCUT2D eigenvalue weighted by molar-refractivity contribution is 7.89. The molecule has 2 bridgehead atoms. The number of para-hydroxylation sites is 2. The largest absolute Gasteiger partial charge is 0.343 e. The lowest BCUT2D eigenvalue weighted by molar-refractivity contribution is -0.132. The van der Waals surface area contributed by atoms with Crippen molar-refractivity contribution in [3.05, 3.63) is 95.8 Å². The van der Waals surface area contributed by atoms with Gasteiger partial charge >= 0.3 is 0 Å². The van der Waals surface area contributed by atoms with Gasteiger partial charge in [0.05, 0.1) is 15.9 Å². The van der Waals surface area contributed by atoms with E-state index in [1.807, 2.05) is 4.90 Å². The molecule has 9 nitrogen and oxygen atoms in total. The number of piperidine rings is 2. The molecule has 3 fully saturated rings. The lowest BCUT2D eigenvalue weighted by atomic mass is 9.70. The summed E-state index contributed by atoms with van der Waals surface area (Å²) in [6.07, 6.45) is 7.91. The van der Waals surface area contributed by atoms with E-state index in [1.165, 1.54) is 48.2 Å². The van der Waals surface area contributed by atoms with Crippen molar-refractivity contribution in [1.29, 1.82) is 0 Å². The van der Waals surface area contributed by atoms with Gasteiger partial charge in [-0.2, -0.15) is 0 Å². The molecule has 4 heterocycles. The van der Waals surface area contributed by atoms with Gasteiger partial charge < -0.3 is 9.47 Å². The molecule has 1 aromatic heterocycles. The van der Waals surface area contributed by atoms with Crippen molar-refractivity contribution in [3.63, 3.8) is 0 Å². The number of ketones is 1. The number of likely N-dealkylation sites (tertiary alicyclic amines) is 1. The Hall–Kier alpha value is -3.86. The van der Waals surface area contributed by atoms with Gasteiger partial charge in [-0.3, -0.25) is 14.5 Å². The van der Waals surface area contributed by atoms with E-state index in [0.717, 1.165) is 50.0 Å². The Morgan fingerprint density at radius 3 is 2.17 bits per heavy atom. The Morgan fingerprint density at radius 2 is 1.50 bits per heavy atom. The summed E-state index contributed by atoms with van der Waals surface area (Å²) in [6, 6.07) is 26.6. The van der Waals surface area contributed by atoms with Crippen LogP contribution in [0.3, 0.4) is 0 Å². The molecule has 3 aromatic carbocycles. The number of amides is 1. The number of carbonyl (C=O) groups excluding carboxylic acids is 2. The molecule has 3 saturated heterocycles. The van der Waals surface area contributed by atoms with Crippen LogP contribution in [0.1, 0.15) is 85.6 Å². The Morgan fingerprint density at radius 1 is 0.854 bits per heavy atom. The first-order valence-electron chi connectivity index (χ1n) is 17.3. The zero-order chi connectivity index (χ0) is 33.5. The molecule has 2 unspecified atom stereocenters. The van der Waals surface area contributed by atoms with Crippen LogP contribution in [0, 0.1) is 6.92 Å². The number of benzene rings is 3. The first-order valence-corrected chi connectivity index (χ1v) is 18.8. The number of nitrogens with two attached hydrogens (primary N) is 1. The third-order valence-electron chi connectivity index (χ3n) is 11.4. The predicted molar refractivity (Wildman–Crippen MR) is 186 cm³/mol. The van der Waals surface area contributed by atoms with Crippen LogP contribution in [0.2, 0.25) is 0 Å². The molecule has 2 atom stereocenters. The summed E-state index contributed by atoms with van der Waals surface area (Å²) in [5.41, 5.74) is 4.08. The SMILES string of the molecule is Cc1nc2ccccc2n1C1CC2CCC(C1)N2CCC1(c2ccccc2)CCN(C(=O)CCC(=O)c2ccc(S(N)(=O)=O)cc2)CC1. The van der Waals surface area contributed by atoms with Gasteiger partial charge in [0, 0.05) is 49.6 Å². The van der Waals surface area contributed by atoms with E-state index in [4.69, 9.17) is 10.1 Å². The number of primary sulfonamides is 1. The van der Waals surface area contributed by atoms with Crippen LogP contribution in [0.5, 0.6) is 0 Å². The Bertz CT molecular complexity index is 1880. The molecule has 252 valence electrons. The number of nitrogens with zero attached hydrogens (tertiary/aromatic N) is 4. The monoisotopic (exact) mass is 667 g/mol. The molecule has 0 aliphatic carbocycles. The number of sulfonamides is 1. The van der Waals surface area contributed by atoms with E-state index >= 15 is 0 Å². The minimum atomic E-state index is -3.83. The molecule has 0 saturated carbocycles. The van der Waals surface area contributed by atoms with Crippen molar-refractivity contribution < 1.29 is 18.0 Å². The highest BCUT2D eigenvalue weighted by atomic mass is 32.2. The van der Waals surface area contributed by atoms with Gasteiger partial charge in [-0.05, 0) is 93.7 Å². The van der Waals surface area contributed by atoms with Crippen molar-refractivity contribution in [2.45, 2.75) is 93.1 Å². The summed E-state index contributed by atoms with van der Waals surface area (Å²) in [6.45, 7) is 4.55. The second kappa shape index (κ2) is 13.2. The maximum absolute atomic E-state index is 13.3. The van der Waals surface area contributed by atoms with Gasteiger partial charge in [0.25, 0.3) is 0 Å². The van der Waals surface area contributed by atoms with Crippen LogP contribution >= 0.6 is 0 Å². The maximum atomic E-state index is 13.3. The van der Waals surface area contributed by atoms with E-state index in [0.29, 0.717) is 36.8 Å². The minimum Gasteiger partial charge on any atom is -0.343 e. The highest BCUT2D eigenvalue weighted by Gasteiger charge is 2.44. The molecule has 1 amide bonds. The first kappa shape index (κ1) is 32.7. The summed E-state index contributed by atoms with van der Waals surface area (Å²) >= 11 is 0. The van der Waals surface area contributed by atoms with Crippen molar-refractivity contribution in [2.24, 2.45) is 5.14 Å². The van der Waals surface area contributed by atoms with E-state index in [9.17, 15) is 18.0 Å². The zero-order valence-electron chi connectivity index (χ0n) is 27.6. The molecule has 0 radical (unpaired) electrons. The predicted octanol–water partition coefficient (Wildman–Crippen LogP) is 5.77. The third-order valence-corrected chi connectivity index (χ3v) is 12.3. The fourth-order valence-electron chi connectivity index (χ4n) is 8.80. The number of aromatic nitrogens is 2. The Labute approximate surface area is 283 Å². The molecule has 10 heteroatoms. The smallest absolute Gasteiger partial charge is 0.238 e. The average Bonchev–Trinajstić information content (AvgIpc) is 3.56. The fourth-order valence-corrected chi connectivity index (χ4v) is 9.32. The van der Waals surface area contributed by atoms with Gasteiger partial charge in [0.2, 0.25) is 15.9 Å². The van der Waals surface area contributed by atoms with Crippen LogP contribution < -0.4 is 5.14 Å². The van der Waals surface area contributed by atoms with Gasteiger partial charge in [0.15, 0.2) is 5.78 Å². The Kier molecular flexibility index (Phi) is 9.00. The first-order chi connectivity index (χ1) is 23.1. The van der Waals surface area contributed by atoms with Crippen LogP contribution in [0.4, 0.5) is 0 Å². The highest BCUT2D eigenvalue weighted by Crippen LogP contribution is 2.45. The van der Waals surface area contributed by atoms with Gasteiger partial charge in [-0.25, -0.2) is 18.5 Å². The summed E-state index contributed by atoms with van der Waals surface area (Å²) < 4.78 is 25.6. The number of carbonyl (C=O) groups is 2. The molecule has 7 rings (SSSR count). The molecular weight excluding hydrogens is 623 g/mol. The summed E-state index contributed by atoms with van der Waals surface area (Å²) in [5, 5.41) is 5.17. The van der Waals surface area contributed by atoms with E-state index in [1.54, 1.807) is 0 Å². The number of hydrogen-bond acceptors (Lipinski definition) is 6. The van der Waals surface area contributed by atoms with Gasteiger partial charge in [-0.1, -0.05) is 54.6 Å². The number of rotatable bonds is 10. The standard InChI is InChI=1S/C38H45N5O4S/c1-27-40-34-9-5-6-10-35(34)43(27)32-25-30-13-14-31(26-32)42(30)24-21-38(29-7-3-2-4-8-29)19-22-41(23-20-38)37(45)18-17-36(44)28-11-15-33(16-12-28)48(39,46)47/h2-12,15-16,30-32H,13-14,17-26H2,1H3,(H2,39,46,47). The van der Waals surface area contributed by atoms with E-state index in [-0.39, 0.29) is 34.8 Å². The van der Waals surface area contributed by atoms with E-state index in [2.05, 4.69) is 71.0 Å². The van der Waals surface area contributed by atoms with Crippen LogP contribution in [0.25, 0.3) is 11.0 Å². The molecule has 48 heavy (non-hydrogen) atoms. The molecule has 3 aliphatic rings. The molecule has 3 aliphatic heterocycles. The molecular formula is C38H45N5O4S. The van der Waals surface area contributed by atoms with E-state index < -0.39 is 10.0 Å². The van der Waals surface area contributed by atoms with Gasteiger partial charge in [-0.15, -0.1) is 0 Å². The van der Waals surface area contributed by atoms with Crippen molar-refractivity contribution >= 4 is 32.7 Å². The lowest BCUT2D eigenvalue weighted by Crippen LogP contribution is -2.49. The summed E-state index contributed by atoms with van der Waals surface area (Å²) in [7, 11) is -3.83. The summed E-state index contributed by atoms with van der Waals surface area (Å²) in [4.78, 5) is 35.6. The minimum absolute atomic E-state index is 0.00592. The second-order valence-electron chi connectivity index (χ2n) is 14.0. The lowest BCUT2D eigenvalue weighted by Gasteiger charge is -2.45. The van der Waals surface area contributed by atoms with Crippen LogP contribution in [0.15, 0.2) is 83.8 Å². The number of aryl methyl sites for hydroxylation is 1. The third kappa shape index (κ3) is 6.45. The Balaban J connectivity index is 0.977. The quantitative estimate of drug-likeness (QED) is 0.215. The number of fused-ring (bicyclic) bond motifs is 3. The fraction of sp³-hybridized carbons (Fsp3) is 0.447. The van der Waals surface area contributed by atoms with Gasteiger partial charge in [0.1, 0.15) is 5.82 Å².